The molecule has 5 nitrogen and oxygen atoms in total. The number of thioether (sulfide) groups is 1. The maximum Gasteiger partial charge on any atom is 0.251 e. The summed E-state index contributed by atoms with van der Waals surface area (Å²) in [5.74, 6) is -0.172. The van der Waals surface area contributed by atoms with Crippen LogP contribution in [-0.4, -0.2) is 47.2 Å². The van der Waals surface area contributed by atoms with Crippen LogP contribution in [0.1, 0.15) is 18.4 Å². The van der Waals surface area contributed by atoms with Crippen molar-refractivity contribution >= 4 is 32.7 Å². The van der Waals surface area contributed by atoms with Gasteiger partial charge in [0, 0.05) is 17.7 Å². The van der Waals surface area contributed by atoms with Gasteiger partial charge in [0.2, 0.25) is 0 Å². The van der Waals surface area contributed by atoms with Gasteiger partial charge in [-0.05, 0) is 30.5 Å². The number of aliphatic imine (C=N–C) groups is 1. The second-order valence-corrected chi connectivity index (χ2v) is 9.92. The highest BCUT2D eigenvalue weighted by Gasteiger charge is 2.49. The highest BCUT2D eigenvalue weighted by Crippen LogP contribution is 2.40. The molecule has 1 amide bonds. The summed E-state index contributed by atoms with van der Waals surface area (Å²) in [6, 6.07) is 5.95. The van der Waals surface area contributed by atoms with Crippen LogP contribution in [0.2, 0.25) is 0 Å². The number of halogens is 1. The summed E-state index contributed by atoms with van der Waals surface area (Å²) in [5.41, 5.74) is 0.869. The zero-order valence-electron chi connectivity index (χ0n) is 12.9. The molecule has 8 heteroatoms. The van der Waals surface area contributed by atoms with E-state index < -0.39 is 9.84 Å². The van der Waals surface area contributed by atoms with Gasteiger partial charge >= 0.3 is 0 Å². The zero-order chi connectivity index (χ0) is 16.9. The molecule has 0 spiro atoms. The van der Waals surface area contributed by atoms with Gasteiger partial charge in [0.1, 0.15) is 5.82 Å². The summed E-state index contributed by atoms with van der Waals surface area (Å²) in [4.78, 5) is 18.2. The van der Waals surface area contributed by atoms with Crippen molar-refractivity contribution in [3.8, 4) is 0 Å². The summed E-state index contributed by atoms with van der Waals surface area (Å²) in [5, 5.41) is 0.530. The Hall–Kier alpha value is -1.41. The maximum atomic E-state index is 13.1. The monoisotopic (exact) mass is 368 g/mol. The Labute approximate surface area is 144 Å². The van der Waals surface area contributed by atoms with Gasteiger partial charge in [-0.1, -0.05) is 23.9 Å². The van der Waals surface area contributed by atoms with Gasteiger partial charge in [-0.2, -0.15) is 4.99 Å². The molecule has 2 heterocycles. The Kier molecular flexibility index (Phi) is 3.91. The smallest absolute Gasteiger partial charge is 0.251 e. The number of nitrogens with zero attached hydrogens (tertiary/aromatic N) is 2. The third-order valence-corrected chi connectivity index (χ3v) is 7.82. The van der Waals surface area contributed by atoms with E-state index in [0.717, 1.165) is 18.4 Å². The lowest BCUT2D eigenvalue weighted by Crippen LogP contribution is -2.37. The van der Waals surface area contributed by atoms with Gasteiger partial charge in [-0.25, -0.2) is 12.8 Å². The van der Waals surface area contributed by atoms with Crippen molar-refractivity contribution in [1.82, 2.24) is 4.90 Å². The van der Waals surface area contributed by atoms with Gasteiger partial charge in [0.25, 0.3) is 5.91 Å². The van der Waals surface area contributed by atoms with E-state index in [2.05, 4.69) is 4.99 Å². The molecule has 2 atom stereocenters. The number of amides is 1. The number of carbonyl (C=O) groups excluding carboxylic acids is 1. The summed E-state index contributed by atoms with van der Waals surface area (Å²) < 4.78 is 37.0. The lowest BCUT2D eigenvalue weighted by molar-refractivity contribution is -0.118. The van der Waals surface area contributed by atoms with Crippen LogP contribution in [0.3, 0.4) is 0 Å². The van der Waals surface area contributed by atoms with Crippen LogP contribution in [0.5, 0.6) is 0 Å². The number of hydrogen-bond acceptors (Lipinski definition) is 4. The summed E-state index contributed by atoms with van der Waals surface area (Å²) in [6.45, 7) is 0.431. The summed E-state index contributed by atoms with van der Waals surface area (Å²) in [6.07, 6.45) is 1.78. The van der Waals surface area contributed by atoms with Gasteiger partial charge in [0.15, 0.2) is 15.0 Å². The summed E-state index contributed by atoms with van der Waals surface area (Å²) in [7, 11) is -3.06. The Morgan fingerprint density at radius 3 is 2.62 bits per heavy atom. The minimum atomic E-state index is -3.06. The fourth-order valence-electron chi connectivity index (χ4n) is 3.12. The molecule has 0 bridgehead atoms. The first-order valence-electron chi connectivity index (χ1n) is 7.92. The summed E-state index contributed by atoms with van der Waals surface area (Å²) >= 11 is 1.39. The van der Waals surface area contributed by atoms with Crippen LogP contribution in [-0.2, 0) is 21.2 Å². The van der Waals surface area contributed by atoms with Crippen molar-refractivity contribution < 1.29 is 17.6 Å². The lowest BCUT2D eigenvalue weighted by atomic mass is 10.1. The molecule has 0 N–H and O–H groups in total. The minimum Gasteiger partial charge on any atom is -0.342 e. The standard InChI is InChI=1S/C16H17FN2O3S2/c17-12-5-1-10(2-6-12)7-19-13-8-24(21,22)9-14(13)23-16(19)18-15(20)11-3-4-11/h1-2,5-6,11,13-14H,3-4,7-9H2/t13-,14+/m0/s1. The van der Waals surface area contributed by atoms with Crippen LogP contribution in [0, 0.1) is 11.7 Å². The highest BCUT2D eigenvalue weighted by molar-refractivity contribution is 8.15. The second kappa shape index (κ2) is 5.84. The van der Waals surface area contributed by atoms with Crippen molar-refractivity contribution in [3.63, 3.8) is 0 Å². The normalized spacial score (nSPS) is 29.9. The van der Waals surface area contributed by atoms with Crippen molar-refractivity contribution in [2.24, 2.45) is 10.9 Å². The fourth-order valence-corrected chi connectivity index (χ4v) is 7.08. The van der Waals surface area contributed by atoms with Gasteiger partial charge < -0.3 is 4.90 Å². The Balaban J connectivity index is 1.61. The molecule has 4 rings (SSSR count). The zero-order valence-corrected chi connectivity index (χ0v) is 14.5. The average molecular weight is 368 g/mol. The molecule has 3 fully saturated rings. The number of sulfone groups is 1. The maximum absolute atomic E-state index is 13.1. The van der Waals surface area contributed by atoms with E-state index in [4.69, 9.17) is 0 Å². The molecule has 1 aromatic carbocycles. The first-order valence-corrected chi connectivity index (χ1v) is 10.6. The molecule has 24 heavy (non-hydrogen) atoms. The molecule has 0 aromatic heterocycles. The van der Waals surface area contributed by atoms with E-state index in [9.17, 15) is 17.6 Å². The molecule has 1 aliphatic carbocycles. The van der Waals surface area contributed by atoms with Crippen LogP contribution in [0.4, 0.5) is 4.39 Å². The Morgan fingerprint density at radius 1 is 1.25 bits per heavy atom. The van der Waals surface area contributed by atoms with Gasteiger partial charge in [-0.3, -0.25) is 4.79 Å². The second-order valence-electron chi connectivity index (χ2n) is 6.56. The molecule has 3 aliphatic rings. The first-order chi connectivity index (χ1) is 11.4. The van der Waals surface area contributed by atoms with Crippen molar-refractivity contribution in [3.05, 3.63) is 35.6 Å². The van der Waals surface area contributed by atoms with E-state index in [0.29, 0.717) is 11.7 Å². The number of hydrogen-bond donors (Lipinski definition) is 0. The van der Waals surface area contributed by atoms with Crippen molar-refractivity contribution in [1.29, 1.82) is 0 Å². The molecule has 1 saturated carbocycles. The van der Waals surface area contributed by atoms with E-state index in [1.54, 1.807) is 12.1 Å². The van der Waals surface area contributed by atoms with E-state index >= 15 is 0 Å². The van der Waals surface area contributed by atoms with E-state index in [1.165, 1.54) is 23.9 Å². The van der Waals surface area contributed by atoms with Gasteiger partial charge in [-0.15, -0.1) is 0 Å². The Bertz CT molecular complexity index is 803. The molecular formula is C16H17FN2O3S2. The van der Waals surface area contributed by atoms with Crippen LogP contribution >= 0.6 is 11.8 Å². The number of rotatable bonds is 3. The molecule has 0 radical (unpaired) electrons. The molecular weight excluding hydrogens is 351 g/mol. The van der Waals surface area contributed by atoms with Crippen LogP contribution in [0.15, 0.2) is 29.3 Å². The van der Waals surface area contributed by atoms with E-state index in [1.807, 2.05) is 4.90 Å². The average Bonchev–Trinajstić information content (AvgIpc) is 3.26. The van der Waals surface area contributed by atoms with Gasteiger partial charge in [0.05, 0.1) is 17.5 Å². The number of amidine groups is 1. The first kappa shape index (κ1) is 16.1. The van der Waals surface area contributed by atoms with Crippen LogP contribution < -0.4 is 0 Å². The predicted octanol–water partition coefficient (Wildman–Crippen LogP) is 1.83. The van der Waals surface area contributed by atoms with Crippen molar-refractivity contribution in [2.75, 3.05) is 11.5 Å². The SMILES string of the molecule is O=C(N=C1S[C@@H]2CS(=O)(=O)C[C@@H]2N1Cc1ccc(F)cc1)C1CC1. The quantitative estimate of drug-likeness (QED) is 0.814. The minimum absolute atomic E-state index is 0.0370. The largest absolute Gasteiger partial charge is 0.342 e. The molecule has 1 aromatic rings. The predicted molar refractivity (Wildman–Crippen MR) is 90.9 cm³/mol. The third-order valence-electron chi connectivity index (χ3n) is 4.57. The van der Waals surface area contributed by atoms with Crippen LogP contribution in [0.25, 0.3) is 0 Å². The molecule has 2 saturated heterocycles. The highest BCUT2D eigenvalue weighted by atomic mass is 32.2. The number of benzene rings is 1. The Morgan fingerprint density at radius 2 is 1.96 bits per heavy atom. The molecule has 2 aliphatic heterocycles. The number of carbonyl (C=O) groups is 1. The molecule has 128 valence electrons. The topological polar surface area (TPSA) is 66.8 Å². The lowest BCUT2D eigenvalue weighted by Gasteiger charge is -2.24. The fraction of sp³-hybridized carbons (Fsp3) is 0.500. The molecule has 0 unspecified atom stereocenters. The van der Waals surface area contributed by atoms with E-state index in [-0.39, 0.29) is 40.4 Å². The number of fused-ring (bicyclic) bond motifs is 1. The van der Waals surface area contributed by atoms with Crippen molar-refractivity contribution in [2.45, 2.75) is 30.7 Å². The third kappa shape index (κ3) is 3.21.